The van der Waals surface area contributed by atoms with Gasteiger partial charge >= 0.3 is 6.09 Å². The lowest BCUT2D eigenvalue weighted by atomic mass is 10.3. The number of carboxylic acid groups (broad SMARTS) is 1. The van der Waals surface area contributed by atoms with Crippen molar-refractivity contribution < 1.29 is 14.6 Å². The first-order valence-corrected chi connectivity index (χ1v) is 6.53. The predicted molar refractivity (Wildman–Crippen MR) is 79.4 cm³/mol. The number of benzene rings is 1. The van der Waals surface area contributed by atoms with Crippen LogP contribution in [-0.4, -0.2) is 31.0 Å². The Morgan fingerprint density at radius 1 is 1.44 bits per heavy atom. The molecule has 1 N–H and O–H groups in total. The van der Waals surface area contributed by atoms with Gasteiger partial charge in [0.25, 0.3) is 0 Å². The van der Waals surface area contributed by atoms with Crippen LogP contribution in [0.4, 0.5) is 10.5 Å². The van der Waals surface area contributed by atoms with E-state index < -0.39 is 6.09 Å². The van der Waals surface area contributed by atoms with Crippen molar-refractivity contribution in [2.75, 3.05) is 24.7 Å². The molecule has 0 saturated heterocycles. The number of halogens is 2. The van der Waals surface area contributed by atoms with Crippen LogP contribution in [0.1, 0.15) is 0 Å². The molecular weight excluding hydrogens is 368 g/mol. The van der Waals surface area contributed by atoms with Gasteiger partial charge in [-0.3, -0.25) is 4.90 Å². The Kier molecular flexibility index (Phi) is 6.86. The van der Waals surface area contributed by atoms with Crippen molar-refractivity contribution in [3.8, 4) is 9.85 Å². The maximum atomic E-state index is 11.1. The molecule has 0 aliphatic heterocycles. The summed E-state index contributed by atoms with van der Waals surface area (Å²) >= 11 is 7.67. The average molecular weight is 380 g/mol. The standard InChI is InChI=1S/C12H11ClINO3/c13-10-2-4-11(5-3-10)15(12(16)17)7-9-18-8-1-6-14/h2-5H,7-9H2,(H,16,17). The molecule has 6 heteroatoms. The molecule has 1 aromatic rings. The molecule has 0 aliphatic carbocycles. The maximum Gasteiger partial charge on any atom is 0.411 e. The molecule has 0 bridgehead atoms. The first-order valence-electron chi connectivity index (χ1n) is 5.07. The molecule has 96 valence electrons. The van der Waals surface area contributed by atoms with E-state index in [1.165, 1.54) is 4.90 Å². The van der Waals surface area contributed by atoms with Gasteiger partial charge in [-0.1, -0.05) is 17.5 Å². The summed E-state index contributed by atoms with van der Waals surface area (Å²) in [4.78, 5) is 12.3. The second kappa shape index (κ2) is 8.19. The molecule has 0 aromatic heterocycles. The monoisotopic (exact) mass is 379 g/mol. The largest absolute Gasteiger partial charge is 0.465 e. The summed E-state index contributed by atoms with van der Waals surface area (Å²) in [5.41, 5.74) is 0.565. The van der Waals surface area contributed by atoms with E-state index in [0.717, 1.165) is 0 Å². The summed E-state index contributed by atoms with van der Waals surface area (Å²) in [6.45, 7) is 0.844. The molecule has 0 atom stereocenters. The van der Waals surface area contributed by atoms with Gasteiger partial charge in [0, 0.05) is 33.3 Å². The second-order valence-electron chi connectivity index (χ2n) is 3.23. The first-order chi connectivity index (χ1) is 8.65. The van der Waals surface area contributed by atoms with Crippen molar-refractivity contribution in [2.24, 2.45) is 0 Å². The fourth-order valence-electron chi connectivity index (χ4n) is 1.26. The van der Waals surface area contributed by atoms with Crippen molar-refractivity contribution in [3.63, 3.8) is 0 Å². The third kappa shape index (κ3) is 5.12. The van der Waals surface area contributed by atoms with Crippen LogP contribution in [0.25, 0.3) is 0 Å². The van der Waals surface area contributed by atoms with Gasteiger partial charge in [-0.15, -0.1) is 0 Å². The summed E-state index contributed by atoms with van der Waals surface area (Å²) in [7, 11) is 0. The highest BCUT2D eigenvalue weighted by atomic mass is 127. The minimum Gasteiger partial charge on any atom is -0.465 e. The molecule has 0 heterocycles. The number of carbonyl (C=O) groups is 1. The van der Waals surface area contributed by atoms with E-state index in [1.54, 1.807) is 24.3 Å². The van der Waals surface area contributed by atoms with E-state index in [4.69, 9.17) is 21.4 Å². The van der Waals surface area contributed by atoms with E-state index in [9.17, 15) is 4.79 Å². The van der Waals surface area contributed by atoms with E-state index in [-0.39, 0.29) is 6.54 Å². The highest BCUT2D eigenvalue weighted by Crippen LogP contribution is 2.17. The molecule has 4 nitrogen and oxygen atoms in total. The van der Waals surface area contributed by atoms with Crippen molar-refractivity contribution in [1.82, 2.24) is 0 Å². The van der Waals surface area contributed by atoms with Gasteiger partial charge < -0.3 is 9.84 Å². The van der Waals surface area contributed by atoms with Gasteiger partial charge in [-0.2, -0.15) is 0 Å². The third-order valence-electron chi connectivity index (χ3n) is 2.07. The lowest BCUT2D eigenvalue weighted by Crippen LogP contribution is -2.32. The summed E-state index contributed by atoms with van der Waals surface area (Å²) in [6.07, 6.45) is -1.03. The molecule has 0 unspecified atom stereocenters. The van der Waals surface area contributed by atoms with E-state index >= 15 is 0 Å². The second-order valence-corrected chi connectivity index (χ2v) is 4.21. The fraction of sp³-hybridized carbons (Fsp3) is 0.250. The van der Waals surface area contributed by atoms with Crippen LogP contribution < -0.4 is 4.90 Å². The van der Waals surface area contributed by atoms with Crippen LogP contribution in [0.3, 0.4) is 0 Å². The van der Waals surface area contributed by atoms with Crippen LogP contribution in [0, 0.1) is 9.85 Å². The van der Waals surface area contributed by atoms with Gasteiger partial charge in [0.1, 0.15) is 6.61 Å². The van der Waals surface area contributed by atoms with E-state index in [1.807, 2.05) is 22.6 Å². The van der Waals surface area contributed by atoms with Crippen molar-refractivity contribution >= 4 is 46.0 Å². The number of nitrogens with zero attached hydrogens (tertiary/aromatic N) is 1. The number of hydrogen-bond acceptors (Lipinski definition) is 2. The van der Waals surface area contributed by atoms with Gasteiger partial charge in [0.05, 0.1) is 13.2 Å². The minimum atomic E-state index is -1.03. The van der Waals surface area contributed by atoms with Gasteiger partial charge in [-0.25, -0.2) is 4.79 Å². The number of anilines is 1. The zero-order chi connectivity index (χ0) is 13.4. The molecule has 18 heavy (non-hydrogen) atoms. The topological polar surface area (TPSA) is 49.8 Å². The van der Waals surface area contributed by atoms with Gasteiger partial charge in [-0.05, 0) is 28.2 Å². The van der Waals surface area contributed by atoms with E-state index in [2.05, 4.69) is 9.85 Å². The van der Waals surface area contributed by atoms with E-state index in [0.29, 0.717) is 23.9 Å². The number of rotatable bonds is 5. The lowest BCUT2D eigenvalue weighted by Gasteiger charge is -2.18. The predicted octanol–water partition coefficient (Wildman–Crippen LogP) is 3.24. The first kappa shape index (κ1) is 15.1. The smallest absolute Gasteiger partial charge is 0.411 e. The molecule has 0 radical (unpaired) electrons. The summed E-state index contributed by atoms with van der Waals surface area (Å²) in [6, 6.07) is 6.60. The number of hydrogen-bond donors (Lipinski definition) is 1. The SMILES string of the molecule is O=C(O)N(CCOCC#CI)c1ccc(Cl)cc1. The van der Waals surface area contributed by atoms with Crippen LogP contribution in [-0.2, 0) is 4.74 Å². The minimum absolute atomic E-state index is 0.250. The van der Waals surface area contributed by atoms with Crippen LogP contribution in [0.2, 0.25) is 5.02 Å². The molecule has 0 fully saturated rings. The Morgan fingerprint density at radius 3 is 2.67 bits per heavy atom. The molecular formula is C12H11ClINO3. The molecule has 1 aromatic carbocycles. The zero-order valence-corrected chi connectivity index (χ0v) is 12.3. The lowest BCUT2D eigenvalue weighted by molar-refractivity contribution is 0.167. The Balaban J connectivity index is 2.56. The summed E-state index contributed by atoms with van der Waals surface area (Å²) < 4.78 is 7.86. The van der Waals surface area contributed by atoms with Crippen LogP contribution in [0.15, 0.2) is 24.3 Å². The Hall–Kier alpha value is -0.970. The average Bonchev–Trinajstić information content (AvgIpc) is 2.35. The molecule has 0 spiro atoms. The molecule has 0 saturated carbocycles. The van der Waals surface area contributed by atoms with Gasteiger partial charge in [0.2, 0.25) is 0 Å². The Bertz CT molecular complexity index is 453. The zero-order valence-electron chi connectivity index (χ0n) is 9.40. The molecule has 1 amide bonds. The normalized spacial score (nSPS) is 9.44. The number of amides is 1. The Morgan fingerprint density at radius 2 is 2.11 bits per heavy atom. The van der Waals surface area contributed by atoms with Crippen LogP contribution in [0.5, 0.6) is 0 Å². The summed E-state index contributed by atoms with van der Waals surface area (Å²) in [5.74, 6) is 2.73. The third-order valence-corrected chi connectivity index (χ3v) is 2.70. The summed E-state index contributed by atoms with van der Waals surface area (Å²) in [5, 5.41) is 9.67. The highest BCUT2D eigenvalue weighted by Gasteiger charge is 2.13. The Labute approximate surface area is 124 Å². The van der Waals surface area contributed by atoms with Crippen molar-refractivity contribution in [2.45, 2.75) is 0 Å². The van der Waals surface area contributed by atoms with Crippen LogP contribution >= 0.6 is 34.2 Å². The number of ether oxygens (including phenoxy) is 1. The van der Waals surface area contributed by atoms with Crippen molar-refractivity contribution in [3.05, 3.63) is 29.3 Å². The maximum absolute atomic E-state index is 11.1. The van der Waals surface area contributed by atoms with Crippen molar-refractivity contribution in [1.29, 1.82) is 0 Å². The van der Waals surface area contributed by atoms with Gasteiger partial charge in [0.15, 0.2) is 0 Å². The highest BCUT2D eigenvalue weighted by molar-refractivity contribution is 14.1. The molecule has 1 rings (SSSR count). The fourth-order valence-corrected chi connectivity index (χ4v) is 1.54. The quantitative estimate of drug-likeness (QED) is 0.485. The molecule has 0 aliphatic rings.